The normalized spacial score (nSPS) is 16.3. The van der Waals surface area contributed by atoms with E-state index in [1.54, 1.807) is 0 Å². The summed E-state index contributed by atoms with van der Waals surface area (Å²) in [5, 5.41) is 19.2. The van der Waals surface area contributed by atoms with Gasteiger partial charge in [-0.25, -0.2) is 0 Å². The Kier molecular flexibility index (Phi) is 5.05. The molecule has 0 spiro atoms. The minimum atomic E-state index is -0.676. The van der Waals surface area contributed by atoms with Gasteiger partial charge in [0.2, 0.25) is 0 Å². The first-order valence-electron chi connectivity index (χ1n) is 4.69. The molecule has 2 heteroatoms. The lowest BCUT2D eigenvalue weighted by Gasteiger charge is -2.29. The van der Waals surface area contributed by atoms with E-state index in [0.717, 1.165) is 6.42 Å². The van der Waals surface area contributed by atoms with Gasteiger partial charge < -0.3 is 10.2 Å². The van der Waals surface area contributed by atoms with Gasteiger partial charge >= 0.3 is 0 Å². The first-order valence-corrected chi connectivity index (χ1v) is 4.69. The lowest BCUT2D eigenvalue weighted by Crippen LogP contribution is -2.37. The highest BCUT2D eigenvalue weighted by Crippen LogP contribution is 2.23. The van der Waals surface area contributed by atoms with Crippen LogP contribution in [-0.2, 0) is 0 Å². The predicted octanol–water partition coefficient (Wildman–Crippen LogP) is 1.56. The highest BCUT2D eigenvalue weighted by molar-refractivity contribution is 4.85. The summed E-state index contributed by atoms with van der Waals surface area (Å²) in [6, 6.07) is 0. The van der Waals surface area contributed by atoms with E-state index in [0.29, 0.717) is 12.8 Å². The molecule has 13 heavy (non-hydrogen) atoms. The second kappa shape index (κ2) is 5.26. The van der Waals surface area contributed by atoms with Crippen LogP contribution in [0.1, 0.15) is 40.0 Å². The van der Waals surface area contributed by atoms with Crippen LogP contribution in [0.25, 0.3) is 0 Å². The Morgan fingerprint density at radius 1 is 1.31 bits per heavy atom. The summed E-state index contributed by atoms with van der Waals surface area (Å²) in [4.78, 5) is 0. The molecule has 0 saturated heterocycles. The molecule has 0 aliphatic rings. The monoisotopic (exact) mass is 184 g/mol. The highest BCUT2D eigenvalue weighted by Gasteiger charge is 2.28. The minimum absolute atomic E-state index is 0.268. The molecule has 2 atom stereocenters. The molecule has 0 aliphatic carbocycles. The highest BCUT2D eigenvalue weighted by atomic mass is 16.3. The first kappa shape index (κ1) is 12.5. The van der Waals surface area contributed by atoms with Gasteiger partial charge in [0.1, 0.15) is 0 Å². The van der Waals surface area contributed by atoms with Gasteiger partial charge in [-0.2, -0.15) is 0 Å². The zero-order valence-corrected chi connectivity index (χ0v) is 8.75. The van der Waals surface area contributed by atoms with Gasteiger partial charge in [-0.1, -0.05) is 20.8 Å². The molecule has 2 nitrogen and oxygen atoms in total. The Morgan fingerprint density at radius 2 is 1.85 bits per heavy atom. The Bertz CT molecular complexity index is 174. The molecule has 0 aliphatic heterocycles. The van der Waals surface area contributed by atoms with Gasteiger partial charge in [-0.05, 0) is 18.3 Å². The van der Waals surface area contributed by atoms with Crippen molar-refractivity contribution in [3.05, 3.63) is 0 Å². The maximum Gasteiger partial charge on any atom is 0.0847 e. The summed E-state index contributed by atoms with van der Waals surface area (Å²) in [6.07, 6.45) is 5.75. The molecule has 0 bridgehead atoms. The summed E-state index contributed by atoms with van der Waals surface area (Å²) in [5.41, 5.74) is -0.268. The second-order valence-electron chi connectivity index (χ2n) is 4.47. The van der Waals surface area contributed by atoms with Crippen LogP contribution >= 0.6 is 0 Å². The molecule has 0 aromatic carbocycles. The third-order valence-corrected chi connectivity index (χ3v) is 2.07. The standard InChI is InChI=1S/C11H20O2/c1-5-6-7-8-9(12)10(13)11(2,3)4/h1,9-10,12-13H,6-8H2,2-4H3. The van der Waals surface area contributed by atoms with Crippen LogP contribution in [0.15, 0.2) is 0 Å². The number of hydrogen-bond acceptors (Lipinski definition) is 2. The van der Waals surface area contributed by atoms with Crippen molar-refractivity contribution in [3.8, 4) is 12.3 Å². The maximum atomic E-state index is 9.65. The molecular formula is C11H20O2. The number of aliphatic hydroxyl groups excluding tert-OH is 2. The number of terminal acetylenes is 1. The van der Waals surface area contributed by atoms with Gasteiger partial charge in [0, 0.05) is 6.42 Å². The Labute approximate surface area is 81.0 Å². The fraction of sp³-hybridized carbons (Fsp3) is 0.818. The molecule has 0 radical (unpaired) electrons. The lowest BCUT2D eigenvalue weighted by molar-refractivity contribution is -0.0478. The molecule has 2 unspecified atom stereocenters. The lowest BCUT2D eigenvalue weighted by atomic mass is 9.84. The summed E-state index contributed by atoms with van der Waals surface area (Å²) in [5.74, 6) is 2.51. The molecule has 0 aromatic rings. The average Bonchev–Trinajstić information content (AvgIpc) is 2.01. The molecule has 0 fully saturated rings. The number of hydrogen-bond donors (Lipinski definition) is 2. The number of unbranched alkanes of at least 4 members (excludes halogenated alkanes) is 1. The van der Waals surface area contributed by atoms with Crippen LogP contribution < -0.4 is 0 Å². The van der Waals surface area contributed by atoms with Crippen LogP contribution in [0.4, 0.5) is 0 Å². The summed E-state index contributed by atoms with van der Waals surface area (Å²) in [7, 11) is 0. The van der Waals surface area contributed by atoms with Crippen LogP contribution in [0.3, 0.4) is 0 Å². The Balaban J connectivity index is 3.84. The van der Waals surface area contributed by atoms with Crippen LogP contribution in [0.2, 0.25) is 0 Å². The average molecular weight is 184 g/mol. The largest absolute Gasteiger partial charge is 0.390 e. The SMILES string of the molecule is C#CCCCC(O)C(O)C(C)(C)C. The Morgan fingerprint density at radius 3 is 2.23 bits per heavy atom. The molecular weight excluding hydrogens is 164 g/mol. The molecule has 76 valence electrons. The molecule has 2 N–H and O–H groups in total. The van der Waals surface area contributed by atoms with Crippen molar-refractivity contribution in [3.63, 3.8) is 0 Å². The van der Waals surface area contributed by atoms with Gasteiger partial charge in [-0.15, -0.1) is 12.3 Å². The first-order chi connectivity index (χ1) is 5.89. The molecule has 0 aromatic heterocycles. The Hall–Kier alpha value is -0.520. The fourth-order valence-corrected chi connectivity index (χ4v) is 1.15. The van der Waals surface area contributed by atoms with Crippen molar-refractivity contribution in [1.82, 2.24) is 0 Å². The topological polar surface area (TPSA) is 40.5 Å². The smallest absolute Gasteiger partial charge is 0.0847 e. The number of aliphatic hydroxyl groups is 2. The molecule has 0 saturated carbocycles. The second-order valence-corrected chi connectivity index (χ2v) is 4.47. The van der Waals surface area contributed by atoms with E-state index in [1.807, 2.05) is 20.8 Å². The summed E-state index contributed by atoms with van der Waals surface area (Å²) < 4.78 is 0. The maximum absolute atomic E-state index is 9.65. The zero-order valence-electron chi connectivity index (χ0n) is 8.75. The third kappa shape index (κ3) is 4.92. The molecule has 0 amide bonds. The quantitative estimate of drug-likeness (QED) is 0.514. The van der Waals surface area contributed by atoms with Crippen molar-refractivity contribution in [2.45, 2.75) is 52.2 Å². The van der Waals surface area contributed by atoms with Gasteiger partial charge in [0.15, 0.2) is 0 Å². The third-order valence-electron chi connectivity index (χ3n) is 2.07. The number of rotatable bonds is 4. The molecule has 0 rings (SSSR count). The van der Waals surface area contributed by atoms with Gasteiger partial charge in [0.25, 0.3) is 0 Å². The van der Waals surface area contributed by atoms with Crippen LogP contribution in [0, 0.1) is 17.8 Å². The van der Waals surface area contributed by atoms with E-state index in [4.69, 9.17) is 6.42 Å². The van der Waals surface area contributed by atoms with Crippen molar-refractivity contribution in [2.75, 3.05) is 0 Å². The van der Waals surface area contributed by atoms with E-state index in [9.17, 15) is 10.2 Å². The van der Waals surface area contributed by atoms with Crippen molar-refractivity contribution >= 4 is 0 Å². The van der Waals surface area contributed by atoms with E-state index < -0.39 is 12.2 Å². The van der Waals surface area contributed by atoms with E-state index >= 15 is 0 Å². The van der Waals surface area contributed by atoms with Crippen molar-refractivity contribution in [1.29, 1.82) is 0 Å². The van der Waals surface area contributed by atoms with Gasteiger partial charge in [-0.3, -0.25) is 0 Å². The van der Waals surface area contributed by atoms with E-state index in [1.165, 1.54) is 0 Å². The summed E-state index contributed by atoms with van der Waals surface area (Å²) >= 11 is 0. The molecule has 0 heterocycles. The predicted molar refractivity (Wildman–Crippen MR) is 54.2 cm³/mol. The van der Waals surface area contributed by atoms with Crippen molar-refractivity contribution in [2.24, 2.45) is 5.41 Å². The van der Waals surface area contributed by atoms with Gasteiger partial charge in [0.05, 0.1) is 12.2 Å². The minimum Gasteiger partial charge on any atom is -0.390 e. The fourth-order valence-electron chi connectivity index (χ4n) is 1.15. The van der Waals surface area contributed by atoms with Crippen LogP contribution in [0.5, 0.6) is 0 Å². The van der Waals surface area contributed by atoms with Crippen molar-refractivity contribution < 1.29 is 10.2 Å². The van der Waals surface area contributed by atoms with E-state index in [-0.39, 0.29) is 5.41 Å². The van der Waals surface area contributed by atoms with Crippen LogP contribution in [-0.4, -0.2) is 22.4 Å². The van der Waals surface area contributed by atoms with E-state index in [2.05, 4.69) is 5.92 Å². The summed E-state index contributed by atoms with van der Waals surface area (Å²) in [6.45, 7) is 5.71. The zero-order chi connectivity index (χ0) is 10.5.